The van der Waals surface area contributed by atoms with Crippen molar-refractivity contribution < 1.29 is 47.0 Å². The topological polar surface area (TPSA) is 221 Å². The van der Waals surface area contributed by atoms with Gasteiger partial charge in [0, 0.05) is 42.8 Å². The third-order valence-corrected chi connectivity index (χ3v) is 9.07. The molecule has 1 amide bonds. The molecule has 4 aliphatic rings. The molecule has 1 aromatic heterocycles. The fraction of sp³-hybridized carbons (Fsp3) is 0.593. The molecule has 2 bridgehead atoms. The van der Waals surface area contributed by atoms with Gasteiger partial charge >= 0.3 is 19.5 Å². The number of aryl methyl sites for hydroxylation is 1. The summed E-state index contributed by atoms with van der Waals surface area (Å²) in [6, 6.07) is 1.87. The molecule has 7 atom stereocenters. The third-order valence-electron chi connectivity index (χ3n) is 7.58. The molecular weight excluding hydrogens is 617 g/mol. The average Bonchev–Trinajstić information content (AvgIpc) is 3.56. The minimum atomic E-state index is -4.50. The van der Waals surface area contributed by atoms with Gasteiger partial charge in [0.1, 0.15) is 36.9 Å². The molecule has 0 aliphatic carbocycles. The van der Waals surface area contributed by atoms with Crippen LogP contribution in [0.3, 0.4) is 0 Å². The molecule has 0 saturated carbocycles. The van der Waals surface area contributed by atoms with Crippen LogP contribution >= 0.6 is 7.82 Å². The Labute approximate surface area is 256 Å². The first kappa shape index (κ1) is 32.6. The SMILES string of the molecule is CCCC(=O)OC1CC(n2cc(C)c(=O)[nH]c2=O)OC1COP(=O)(OCCC#N)OC1CC2OC1C(O)=C1NC(=O)C(C)=CN12. The summed E-state index contributed by atoms with van der Waals surface area (Å²) in [6.45, 7) is 4.11. The molecule has 5 rings (SSSR count). The van der Waals surface area contributed by atoms with Crippen molar-refractivity contribution in [3.8, 4) is 6.07 Å². The van der Waals surface area contributed by atoms with Gasteiger partial charge in [-0.15, -0.1) is 0 Å². The molecular formula is C27H34N5O12P. The summed E-state index contributed by atoms with van der Waals surface area (Å²) in [5.41, 5.74) is -0.650. The standard InChI is InChI=1S/C27H34N5O12P/c1-4-6-21(33)42-16-9-20(32-12-15(3)26(36)30-27(32)37)41-18(16)13-40-45(38,39-8-5-7-28)44-17-10-19-31-11-14(2)25(35)29-24(31)22(34)23(17)43-19/h11-12,16-20,23,34H,4-6,8-10,13H2,1-3H3,(H,29,35)(H,30,36,37). The van der Waals surface area contributed by atoms with E-state index in [2.05, 4.69) is 10.3 Å². The number of nitrogens with one attached hydrogen (secondary N) is 2. The summed E-state index contributed by atoms with van der Waals surface area (Å²) in [7, 11) is -4.50. The molecule has 18 heteroatoms. The maximum atomic E-state index is 14.0. The number of fused-ring (bicyclic) bond motifs is 4. The number of carbonyl (C=O) groups excluding carboxylic acids is 2. The second-order valence-corrected chi connectivity index (χ2v) is 12.5. The number of ether oxygens (including phenoxy) is 3. The first-order valence-electron chi connectivity index (χ1n) is 14.4. The average molecular weight is 652 g/mol. The van der Waals surface area contributed by atoms with Crippen LogP contribution in [0.1, 0.15) is 57.7 Å². The first-order chi connectivity index (χ1) is 21.4. The minimum absolute atomic E-state index is 0.0193. The van der Waals surface area contributed by atoms with E-state index in [1.165, 1.54) is 24.2 Å². The van der Waals surface area contributed by atoms with Crippen LogP contribution in [-0.2, 0) is 41.9 Å². The monoisotopic (exact) mass is 651 g/mol. The highest BCUT2D eigenvalue weighted by molar-refractivity contribution is 7.48. The smallest absolute Gasteiger partial charge is 0.475 e. The Hall–Kier alpha value is -3.78. The van der Waals surface area contributed by atoms with E-state index in [0.717, 1.165) is 4.57 Å². The largest absolute Gasteiger partial charge is 0.506 e. The van der Waals surface area contributed by atoms with Gasteiger partial charge in [-0.05, 0) is 20.3 Å². The Balaban J connectivity index is 1.34. The molecule has 45 heavy (non-hydrogen) atoms. The van der Waals surface area contributed by atoms with Crippen LogP contribution in [0.15, 0.2) is 39.1 Å². The lowest BCUT2D eigenvalue weighted by atomic mass is 10.1. The number of nitriles is 1. The van der Waals surface area contributed by atoms with E-state index in [4.69, 9.17) is 33.0 Å². The zero-order valence-electron chi connectivity index (χ0n) is 24.8. The zero-order valence-corrected chi connectivity index (χ0v) is 25.7. The Morgan fingerprint density at radius 3 is 2.67 bits per heavy atom. The van der Waals surface area contributed by atoms with E-state index < -0.39 is 74.4 Å². The minimum Gasteiger partial charge on any atom is -0.506 e. The van der Waals surface area contributed by atoms with Crippen LogP contribution in [0, 0.1) is 18.3 Å². The van der Waals surface area contributed by atoms with Crippen molar-refractivity contribution in [2.24, 2.45) is 0 Å². The molecule has 2 saturated heterocycles. The Kier molecular flexibility index (Phi) is 9.63. The van der Waals surface area contributed by atoms with Gasteiger partial charge in [-0.3, -0.25) is 37.5 Å². The number of phosphoric acid groups is 1. The second-order valence-electron chi connectivity index (χ2n) is 10.9. The molecule has 2 fully saturated rings. The van der Waals surface area contributed by atoms with Gasteiger partial charge in [0.25, 0.3) is 11.5 Å². The number of aliphatic hydroxyl groups excluding tert-OH is 1. The number of aromatic amines is 1. The van der Waals surface area contributed by atoms with E-state index in [0.29, 0.717) is 12.0 Å². The van der Waals surface area contributed by atoms with Crippen molar-refractivity contribution in [1.29, 1.82) is 5.26 Å². The van der Waals surface area contributed by atoms with Crippen molar-refractivity contribution in [2.45, 2.75) is 89.7 Å². The van der Waals surface area contributed by atoms with Crippen molar-refractivity contribution in [3.05, 3.63) is 56.0 Å². The van der Waals surface area contributed by atoms with Gasteiger partial charge in [-0.1, -0.05) is 6.92 Å². The van der Waals surface area contributed by atoms with Crippen molar-refractivity contribution in [2.75, 3.05) is 13.2 Å². The molecule has 4 aliphatic heterocycles. The van der Waals surface area contributed by atoms with Crippen molar-refractivity contribution in [3.63, 3.8) is 0 Å². The van der Waals surface area contributed by atoms with E-state index in [1.54, 1.807) is 13.8 Å². The lowest BCUT2D eigenvalue weighted by molar-refractivity contribution is -0.153. The highest BCUT2D eigenvalue weighted by atomic mass is 31.2. The van der Waals surface area contributed by atoms with Crippen LogP contribution in [-0.4, -0.2) is 75.3 Å². The summed E-state index contributed by atoms with van der Waals surface area (Å²) in [6.07, 6.45) is -2.30. The predicted molar refractivity (Wildman–Crippen MR) is 151 cm³/mol. The first-order valence-corrected chi connectivity index (χ1v) is 15.9. The predicted octanol–water partition coefficient (Wildman–Crippen LogP) is 1.48. The van der Waals surface area contributed by atoms with Crippen LogP contribution in [0.5, 0.6) is 0 Å². The number of phosphoric ester groups is 1. The second kappa shape index (κ2) is 13.3. The Morgan fingerprint density at radius 1 is 1.18 bits per heavy atom. The molecule has 5 heterocycles. The van der Waals surface area contributed by atoms with Crippen LogP contribution in [0.25, 0.3) is 0 Å². The molecule has 7 unspecified atom stereocenters. The summed E-state index contributed by atoms with van der Waals surface area (Å²) in [5.74, 6) is -1.14. The Bertz CT molecular complexity index is 1610. The third kappa shape index (κ3) is 6.91. The Morgan fingerprint density at radius 2 is 1.93 bits per heavy atom. The summed E-state index contributed by atoms with van der Waals surface area (Å²) in [5, 5.41) is 22.5. The summed E-state index contributed by atoms with van der Waals surface area (Å²) < 4.78 is 49.5. The van der Waals surface area contributed by atoms with Gasteiger partial charge in [-0.2, -0.15) is 5.26 Å². The maximum Gasteiger partial charge on any atom is 0.475 e. The number of carbonyl (C=O) groups is 2. The van der Waals surface area contributed by atoms with Gasteiger partial charge in [-0.25, -0.2) is 9.36 Å². The number of amides is 1. The van der Waals surface area contributed by atoms with E-state index >= 15 is 0 Å². The highest BCUT2D eigenvalue weighted by Crippen LogP contribution is 2.54. The van der Waals surface area contributed by atoms with E-state index in [9.17, 15) is 28.8 Å². The van der Waals surface area contributed by atoms with Crippen molar-refractivity contribution >= 4 is 19.7 Å². The molecule has 0 aromatic carbocycles. The number of esters is 1. The molecule has 0 spiro atoms. The molecule has 1 aromatic rings. The number of hydrogen-bond donors (Lipinski definition) is 3. The molecule has 17 nitrogen and oxygen atoms in total. The van der Waals surface area contributed by atoms with E-state index in [1.807, 2.05) is 6.07 Å². The number of aliphatic hydroxyl groups is 1. The number of H-pyrrole nitrogens is 1. The summed E-state index contributed by atoms with van der Waals surface area (Å²) in [4.78, 5) is 52.7. The van der Waals surface area contributed by atoms with Gasteiger partial charge in [0.15, 0.2) is 11.6 Å². The van der Waals surface area contributed by atoms with Crippen LogP contribution in [0.2, 0.25) is 0 Å². The lowest BCUT2D eigenvalue weighted by Gasteiger charge is -2.37. The lowest BCUT2D eigenvalue weighted by Crippen LogP contribution is -2.47. The van der Waals surface area contributed by atoms with Gasteiger partial charge in [0.05, 0.1) is 25.7 Å². The van der Waals surface area contributed by atoms with Crippen molar-refractivity contribution in [1.82, 2.24) is 19.8 Å². The number of hydrogen-bond acceptors (Lipinski definition) is 14. The van der Waals surface area contributed by atoms with Gasteiger partial charge < -0.3 is 29.5 Å². The molecule has 244 valence electrons. The number of aromatic nitrogens is 2. The summed E-state index contributed by atoms with van der Waals surface area (Å²) >= 11 is 0. The molecule has 0 radical (unpaired) electrons. The van der Waals surface area contributed by atoms with E-state index in [-0.39, 0.29) is 49.4 Å². The zero-order chi connectivity index (χ0) is 32.5. The van der Waals surface area contributed by atoms with Crippen LogP contribution in [0.4, 0.5) is 0 Å². The van der Waals surface area contributed by atoms with Gasteiger partial charge in [0.2, 0.25) is 0 Å². The number of rotatable bonds is 12. The van der Waals surface area contributed by atoms with Crippen LogP contribution < -0.4 is 16.6 Å². The highest BCUT2D eigenvalue weighted by Gasteiger charge is 2.52. The normalized spacial score (nSPS) is 28.6. The quantitative estimate of drug-likeness (QED) is 0.166. The molecule has 3 N–H and O–H groups in total. The fourth-order valence-corrected chi connectivity index (χ4v) is 6.69. The maximum absolute atomic E-state index is 14.0. The number of nitrogens with zero attached hydrogens (tertiary/aromatic N) is 3. The fourth-order valence-electron chi connectivity index (χ4n) is 5.32.